The van der Waals surface area contributed by atoms with Crippen LogP contribution >= 0.6 is 11.6 Å². The number of aryl methyl sites for hydroxylation is 1. The zero-order chi connectivity index (χ0) is 12.8. The first-order valence-electron chi connectivity index (χ1n) is 6.57. The van der Waals surface area contributed by atoms with E-state index >= 15 is 0 Å². The molecule has 1 aromatic carbocycles. The molecule has 96 valence electrons. The lowest BCUT2D eigenvalue weighted by Gasteiger charge is -2.23. The zero-order valence-corrected chi connectivity index (χ0v) is 12.1. The van der Waals surface area contributed by atoms with Crippen molar-refractivity contribution in [3.63, 3.8) is 0 Å². The van der Waals surface area contributed by atoms with Gasteiger partial charge in [0.2, 0.25) is 0 Å². The molecule has 1 aromatic rings. The molecule has 2 heteroatoms. The van der Waals surface area contributed by atoms with Gasteiger partial charge < -0.3 is 5.32 Å². The van der Waals surface area contributed by atoms with Gasteiger partial charge in [-0.25, -0.2) is 0 Å². The third-order valence-electron chi connectivity index (χ3n) is 3.39. The molecule has 2 atom stereocenters. The molecular weight excluding hydrogens is 230 g/mol. The van der Waals surface area contributed by atoms with Gasteiger partial charge in [0.25, 0.3) is 0 Å². The first kappa shape index (κ1) is 14.5. The van der Waals surface area contributed by atoms with Crippen molar-refractivity contribution in [2.24, 2.45) is 5.92 Å². The largest absolute Gasteiger partial charge is 0.310 e. The molecule has 1 N–H and O–H groups in total. The average molecular weight is 254 g/mol. The third-order valence-corrected chi connectivity index (χ3v) is 3.63. The lowest BCUT2D eigenvalue weighted by Crippen LogP contribution is -2.23. The monoisotopic (exact) mass is 253 g/mol. The zero-order valence-electron chi connectivity index (χ0n) is 11.4. The fourth-order valence-electron chi connectivity index (χ4n) is 2.17. The van der Waals surface area contributed by atoms with Crippen molar-refractivity contribution < 1.29 is 0 Å². The van der Waals surface area contributed by atoms with E-state index in [2.05, 4.69) is 45.1 Å². The van der Waals surface area contributed by atoms with Gasteiger partial charge >= 0.3 is 0 Å². The van der Waals surface area contributed by atoms with Crippen molar-refractivity contribution in [3.8, 4) is 0 Å². The van der Waals surface area contributed by atoms with Crippen LogP contribution in [0.3, 0.4) is 0 Å². The van der Waals surface area contributed by atoms with Gasteiger partial charge in [0.1, 0.15) is 0 Å². The maximum absolute atomic E-state index is 6.01. The van der Waals surface area contributed by atoms with Crippen LogP contribution in [0.1, 0.15) is 50.8 Å². The van der Waals surface area contributed by atoms with Gasteiger partial charge in [-0.15, -0.1) is 0 Å². The highest BCUT2D eigenvalue weighted by Gasteiger charge is 2.15. The summed E-state index contributed by atoms with van der Waals surface area (Å²) >= 11 is 6.01. The number of nitrogens with one attached hydrogen (secondary N) is 1. The second-order valence-corrected chi connectivity index (χ2v) is 5.30. The Balaban J connectivity index is 2.88. The minimum Gasteiger partial charge on any atom is -0.310 e. The Bertz CT molecular complexity index is 349. The van der Waals surface area contributed by atoms with E-state index in [9.17, 15) is 0 Å². The predicted octanol–water partition coefficient (Wildman–Crippen LogP) is 4.74. The van der Waals surface area contributed by atoms with Crippen molar-refractivity contribution >= 4 is 11.6 Å². The summed E-state index contributed by atoms with van der Waals surface area (Å²) < 4.78 is 0. The van der Waals surface area contributed by atoms with E-state index in [1.54, 1.807) is 0 Å². The number of hydrogen-bond donors (Lipinski definition) is 1. The summed E-state index contributed by atoms with van der Waals surface area (Å²) in [4.78, 5) is 0. The second-order valence-electron chi connectivity index (χ2n) is 4.86. The van der Waals surface area contributed by atoms with Crippen molar-refractivity contribution in [1.29, 1.82) is 0 Å². The molecule has 0 amide bonds. The predicted molar refractivity (Wildman–Crippen MR) is 76.7 cm³/mol. The molecule has 17 heavy (non-hydrogen) atoms. The maximum Gasteiger partial charge on any atom is 0.0408 e. The van der Waals surface area contributed by atoms with Gasteiger partial charge in [-0.3, -0.25) is 0 Å². The van der Waals surface area contributed by atoms with Crippen LogP contribution in [0.15, 0.2) is 18.2 Å². The van der Waals surface area contributed by atoms with E-state index in [1.807, 2.05) is 6.07 Å². The SMILES string of the molecule is CCNC(CC(C)CC)c1ccc(Cl)cc1C. The molecule has 1 rings (SSSR count). The fourth-order valence-corrected chi connectivity index (χ4v) is 2.39. The van der Waals surface area contributed by atoms with E-state index in [1.165, 1.54) is 24.0 Å². The second kappa shape index (κ2) is 7.03. The number of hydrogen-bond acceptors (Lipinski definition) is 1. The quantitative estimate of drug-likeness (QED) is 0.773. The maximum atomic E-state index is 6.01. The van der Waals surface area contributed by atoms with E-state index < -0.39 is 0 Å². The van der Waals surface area contributed by atoms with Gasteiger partial charge in [0.05, 0.1) is 0 Å². The molecular formula is C15H24ClN. The van der Waals surface area contributed by atoms with Crippen molar-refractivity contribution in [2.45, 2.75) is 46.6 Å². The summed E-state index contributed by atoms with van der Waals surface area (Å²) in [5.74, 6) is 0.745. The Morgan fingerprint density at radius 1 is 1.29 bits per heavy atom. The van der Waals surface area contributed by atoms with Crippen LogP contribution in [0.2, 0.25) is 5.02 Å². The first-order chi connectivity index (χ1) is 8.08. The van der Waals surface area contributed by atoms with Gasteiger partial charge in [0, 0.05) is 11.1 Å². The average Bonchev–Trinajstić information content (AvgIpc) is 2.28. The number of halogens is 1. The van der Waals surface area contributed by atoms with Gasteiger partial charge in [-0.05, 0) is 49.1 Å². The van der Waals surface area contributed by atoms with E-state index in [-0.39, 0.29) is 0 Å². The summed E-state index contributed by atoms with van der Waals surface area (Å²) in [5.41, 5.74) is 2.67. The normalized spacial score (nSPS) is 14.6. The first-order valence-corrected chi connectivity index (χ1v) is 6.95. The Labute approximate surface area is 111 Å². The van der Waals surface area contributed by atoms with Crippen LogP contribution in [0, 0.1) is 12.8 Å². The number of benzene rings is 1. The Morgan fingerprint density at radius 3 is 2.53 bits per heavy atom. The minimum absolute atomic E-state index is 0.451. The molecule has 0 radical (unpaired) electrons. The van der Waals surface area contributed by atoms with E-state index in [4.69, 9.17) is 11.6 Å². The number of rotatable bonds is 6. The van der Waals surface area contributed by atoms with Crippen molar-refractivity contribution in [2.75, 3.05) is 6.54 Å². The summed E-state index contributed by atoms with van der Waals surface area (Å²) in [6.45, 7) is 9.87. The van der Waals surface area contributed by atoms with Gasteiger partial charge in [-0.1, -0.05) is 44.9 Å². The molecule has 0 aromatic heterocycles. The Hall–Kier alpha value is -0.530. The van der Waals surface area contributed by atoms with Crippen LogP contribution in [-0.2, 0) is 0 Å². The van der Waals surface area contributed by atoms with Crippen LogP contribution in [-0.4, -0.2) is 6.54 Å². The van der Waals surface area contributed by atoms with Crippen molar-refractivity contribution in [1.82, 2.24) is 5.32 Å². The molecule has 0 aliphatic heterocycles. The standard InChI is InChI=1S/C15H24ClN/c1-5-11(3)9-15(17-6-2)14-8-7-13(16)10-12(14)4/h7-8,10-11,15,17H,5-6,9H2,1-4H3. The molecule has 0 saturated heterocycles. The van der Waals surface area contributed by atoms with Crippen LogP contribution in [0.4, 0.5) is 0 Å². The lowest BCUT2D eigenvalue weighted by atomic mass is 9.92. The summed E-state index contributed by atoms with van der Waals surface area (Å²) in [5, 5.41) is 4.41. The van der Waals surface area contributed by atoms with E-state index in [0.29, 0.717) is 6.04 Å². The summed E-state index contributed by atoms with van der Waals surface area (Å²) in [6.07, 6.45) is 2.42. The van der Waals surface area contributed by atoms with Crippen LogP contribution in [0.5, 0.6) is 0 Å². The highest BCUT2D eigenvalue weighted by atomic mass is 35.5. The minimum atomic E-state index is 0.451. The highest BCUT2D eigenvalue weighted by molar-refractivity contribution is 6.30. The third kappa shape index (κ3) is 4.33. The Kier molecular flexibility index (Phi) is 6.01. The van der Waals surface area contributed by atoms with Gasteiger partial charge in [0.15, 0.2) is 0 Å². The summed E-state index contributed by atoms with van der Waals surface area (Å²) in [7, 11) is 0. The molecule has 0 fully saturated rings. The molecule has 1 nitrogen and oxygen atoms in total. The topological polar surface area (TPSA) is 12.0 Å². The molecule has 0 bridgehead atoms. The molecule has 0 heterocycles. The smallest absolute Gasteiger partial charge is 0.0408 e. The molecule has 2 unspecified atom stereocenters. The Morgan fingerprint density at radius 2 is 2.00 bits per heavy atom. The molecule has 0 aliphatic carbocycles. The van der Waals surface area contributed by atoms with Crippen LogP contribution in [0.25, 0.3) is 0 Å². The highest BCUT2D eigenvalue weighted by Crippen LogP contribution is 2.27. The molecule has 0 aliphatic rings. The molecule has 0 saturated carbocycles. The lowest BCUT2D eigenvalue weighted by molar-refractivity contribution is 0.407. The van der Waals surface area contributed by atoms with E-state index in [0.717, 1.165) is 17.5 Å². The van der Waals surface area contributed by atoms with Crippen molar-refractivity contribution in [3.05, 3.63) is 34.3 Å². The van der Waals surface area contributed by atoms with Gasteiger partial charge in [-0.2, -0.15) is 0 Å². The molecule has 0 spiro atoms. The van der Waals surface area contributed by atoms with Crippen LogP contribution < -0.4 is 5.32 Å². The summed E-state index contributed by atoms with van der Waals surface area (Å²) in [6, 6.07) is 6.66. The fraction of sp³-hybridized carbons (Fsp3) is 0.600.